The Kier molecular flexibility index (Phi) is 5.65. The smallest absolute Gasteiger partial charge is 0.119 e. The molecule has 0 saturated heterocycles. The van der Waals surface area contributed by atoms with Crippen molar-refractivity contribution in [1.29, 1.82) is 0 Å². The van der Waals surface area contributed by atoms with Crippen molar-refractivity contribution in [3.63, 3.8) is 0 Å². The SMILES string of the molecule is COCC(SC(C)C)c1cc(OC)ccc1N. The standard InChI is InChI=1S/C13H21NO2S/c1-9(2)17-13(8-15-3)11-7-10(16-4)5-6-12(11)14/h5-7,9,13H,8,14H2,1-4H3. The van der Waals surface area contributed by atoms with Crippen LogP contribution >= 0.6 is 11.8 Å². The first kappa shape index (κ1) is 14.2. The van der Waals surface area contributed by atoms with Crippen LogP contribution in [0.5, 0.6) is 5.75 Å². The average Bonchev–Trinajstić information content (AvgIpc) is 2.28. The molecule has 0 spiro atoms. The number of rotatable bonds is 6. The van der Waals surface area contributed by atoms with E-state index in [9.17, 15) is 0 Å². The van der Waals surface area contributed by atoms with Crippen molar-refractivity contribution in [3.05, 3.63) is 23.8 Å². The van der Waals surface area contributed by atoms with Gasteiger partial charge in [-0.05, 0) is 29.0 Å². The maximum atomic E-state index is 6.03. The maximum Gasteiger partial charge on any atom is 0.119 e. The van der Waals surface area contributed by atoms with Crippen molar-refractivity contribution in [2.45, 2.75) is 24.3 Å². The molecule has 0 radical (unpaired) electrons. The Morgan fingerprint density at radius 1 is 1.29 bits per heavy atom. The molecule has 0 aliphatic rings. The highest BCUT2D eigenvalue weighted by molar-refractivity contribution is 8.00. The zero-order valence-electron chi connectivity index (χ0n) is 10.9. The molecule has 1 unspecified atom stereocenters. The van der Waals surface area contributed by atoms with E-state index in [4.69, 9.17) is 15.2 Å². The number of thioether (sulfide) groups is 1. The Hall–Kier alpha value is -0.870. The van der Waals surface area contributed by atoms with Crippen molar-refractivity contribution in [2.75, 3.05) is 26.6 Å². The van der Waals surface area contributed by atoms with E-state index >= 15 is 0 Å². The topological polar surface area (TPSA) is 44.5 Å². The summed E-state index contributed by atoms with van der Waals surface area (Å²) in [5.74, 6) is 0.833. The lowest BCUT2D eigenvalue weighted by molar-refractivity contribution is 0.200. The minimum atomic E-state index is 0.245. The molecular weight excluding hydrogens is 234 g/mol. The monoisotopic (exact) mass is 255 g/mol. The van der Waals surface area contributed by atoms with E-state index in [0.29, 0.717) is 11.9 Å². The van der Waals surface area contributed by atoms with Crippen molar-refractivity contribution in [2.24, 2.45) is 0 Å². The largest absolute Gasteiger partial charge is 0.497 e. The fourth-order valence-electron chi connectivity index (χ4n) is 1.64. The molecule has 1 rings (SSSR count). The third-order valence-corrected chi connectivity index (χ3v) is 3.66. The van der Waals surface area contributed by atoms with E-state index in [0.717, 1.165) is 17.0 Å². The molecule has 17 heavy (non-hydrogen) atoms. The van der Waals surface area contributed by atoms with Gasteiger partial charge in [-0.2, -0.15) is 0 Å². The summed E-state index contributed by atoms with van der Waals surface area (Å²) in [5, 5.41) is 0.774. The lowest BCUT2D eigenvalue weighted by atomic mass is 10.1. The highest BCUT2D eigenvalue weighted by Crippen LogP contribution is 2.37. The van der Waals surface area contributed by atoms with Crippen LogP contribution in [0.1, 0.15) is 24.7 Å². The van der Waals surface area contributed by atoms with Crippen LogP contribution in [0.2, 0.25) is 0 Å². The van der Waals surface area contributed by atoms with E-state index in [-0.39, 0.29) is 5.25 Å². The second-order valence-corrected chi connectivity index (χ2v) is 5.91. The maximum absolute atomic E-state index is 6.03. The van der Waals surface area contributed by atoms with Crippen molar-refractivity contribution >= 4 is 17.4 Å². The number of anilines is 1. The molecule has 0 heterocycles. The first-order chi connectivity index (χ1) is 8.08. The summed E-state index contributed by atoms with van der Waals surface area (Å²) in [6, 6.07) is 5.76. The summed E-state index contributed by atoms with van der Waals surface area (Å²) in [6.45, 7) is 4.99. The van der Waals surface area contributed by atoms with Gasteiger partial charge in [-0.15, -0.1) is 11.8 Å². The van der Waals surface area contributed by atoms with E-state index in [1.54, 1.807) is 14.2 Å². The third-order valence-electron chi connectivity index (χ3n) is 2.40. The molecule has 1 aromatic rings. The van der Waals surface area contributed by atoms with Gasteiger partial charge in [-0.1, -0.05) is 13.8 Å². The van der Waals surface area contributed by atoms with Gasteiger partial charge in [0.2, 0.25) is 0 Å². The fraction of sp³-hybridized carbons (Fsp3) is 0.538. The molecule has 1 aromatic carbocycles. The predicted molar refractivity (Wildman–Crippen MR) is 74.8 cm³/mol. The van der Waals surface area contributed by atoms with Gasteiger partial charge in [-0.25, -0.2) is 0 Å². The average molecular weight is 255 g/mol. The molecule has 96 valence electrons. The van der Waals surface area contributed by atoms with Crippen LogP contribution in [0.15, 0.2) is 18.2 Å². The number of benzene rings is 1. The van der Waals surface area contributed by atoms with Crippen LogP contribution in [0, 0.1) is 0 Å². The van der Waals surface area contributed by atoms with Crippen LogP contribution in [0.25, 0.3) is 0 Å². The Morgan fingerprint density at radius 2 is 2.00 bits per heavy atom. The van der Waals surface area contributed by atoms with Gasteiger partial charge in [0, 0.05) is 12.8 Å². The second kappa shape index (κ2) is 6.77. The first-order valence-electron chi connectivity index (χ1n) is 5.66. The van der Waals surface area contributed by atoms with Crippen molar-refractivity contribution in [1.82, 2.24) is 0 Å². The Balaban J connectivity index is 2.98. The Morgan fingerprint density at radius 3 is 2.53 bits per heavy atom. The zero-order valence-corrected chi connectivity index (χ0v) is 11.7. The highest BCUT2D eigenvalue weighted by Gasteiger charge is 2.17. The van der Waals surface area contributed by atoms with E-state index < -0.39 is 0 Å². The van der Waals surface area contributed by atoms with Crippen LogP contribution in [0.4, 0.5) is 5.69 Å². The summed E-state index contributed by atoms with van der Waals surface area (Å²) in [5.41, 5.74) is 7.91. The molecular formula is C13H21NO2S. The molecule has 0 saturated carbocycles. The lowest BCUT2D eigenvalue weighted by Crippen LogP contribution is -2.08. The molecule has 0 aromatic heterocycles. The molecule has 0 amide bonds. The van der Waals surface area contributed by atoms with Gasteiger partial charge in [0.15, 0.2) is 0 Å². The van der Waals surface area contributed by atoms with Gasteiger partial charge in [0.1, 0.15) is 5.75 Å². The second-order valence-electron chi connectivity index (χ2n) is 4.12. The number of ether oxygens (including phenoxy) is 2. The Bertz CT molecular complexity index is 355. The van der Waals surface area contributed by atoms with E-state index in [1.807, 2.05) is 30.0 Å². The quantitative estimate of drug-likeness (QED) is 0.793. The van der Waals surface area contributed by atoms with Gasteiger partial charge in [0.25, 0.3) is 0 Å². The molecule has 3 nitrogen and oxygen atoms in total. The highest BCUT2D eigenvalue weighted by atomic mass is 32.2. The summed E-state index contributed by atoms with van der Waals surface area (Å²) < 4.78 is 10.5. The molecule has 4 heteroatoms. The minimum absolute atomic E-state index is 0.245. The minimum Gasteiger partial charge on any atom is -0.497 e. The van der Waals surface area contributed by atoms with E-state index in [1.165, 1.54) is 0 Å². The van der Waals surface area contributed by atoms with Crippen molar-refractivity contribution in [3.8, 4) is 5.75 Å². The molecule has 0 bridgehead atoms. The normalized spacial score (nSPS) is 12.8. The summed E-state index contributed by atoms with van der Waals surface area (Å²) in [4.78, 5) is 0. The summed E-state index contributed by atoms with van der Waals surface area (Å²) in [6.07, 6.45) is 0. The molecule has 2 N–H and O–H groups in total. The summed E-state index contributed by atoms with van der Waals surface area (Å²) in [7, 11) is 3.38. The number of hydrogen-bond donors (Lipinski definition) is 1. The van der Waals surface area contributed by atoms with Crippen molar-refractivity contribution < 1.29 is 9.47 Å². The fourth-order valence-corrected chi connectivity index (χ4v) is 2.86. The lowest BCUT2D eigenvalue weighted by Gasteiger charge is -2.20. The van der Waals surface area contributed by atoms with Crippen LogP contribution in [-0.4, -0.2) is 26.1 Å². The first-order valence-corrected chi connectivity index (χ1v) is 6.60. The predicted octanol–water partition coefficient (Wildman–Crippen LogP) is 3.11. The van der Waals surface area contributed by atoms with Crippen LogP contribution in [-0.2, 0) is 4.74 Å². The van der Waals surface area contributed by atoms with Crippen LogP contribution in [0.3, 0.4) is 0 Å². The summed E-state index contributed by atoms with van der Waals surface area (Å²) >= 11 is 1.85. The third kappa shape index (κ3) is 4.13. The van der Waals surface area contributed by atoms with E-state index in [2.05, 4.69) is 13.8 Å². The van der Waals surface area contributed by atoms with Gasteiger partial charge < -0.3 is 15.2 Å². The number of nitrogen functional groups attached to an aromatic ring is 1. The van der Waals surface area contributed by atoms with Gasteiger partial charge in [0.05, 0.1) is 19.0 Å². The number of hydrogen-bond acceptors (Lipinski definition) is 4. The van der Waals surface area contributed by atoms with Gasteiger partial charge in [-0.3, -0.25) is 0 Å². The zero-order chi connectivity index (χ0) is 12.8. The molecule has 0 aliphatic heterocycles. The Labute approximate surface area is 108 Å². The van der Waals surface area contributed by atoms with Gasteiger partial charge >= 0.3 is 0 Å². The molecule has 0 aliphatic carbocycles. The number of methoxy groups -OCH3 is 2. The molecule has 1 atom stereocenters. The van der Waals surface area contributed by atoms with Crippen LogP contribution < -0.4 is 10.5 Å². The number of nitrogens with two attached hydrogens (primary N) is 1. The molecule has 0 fully saturated rings.